The fourth-order valence-electron chi connectivity index (χ4n) is 3.18. The van der Waals surface area contributed by atoms with E-state index in [0.717, 1.165) is 19.4 Å². The van der Waals surface area contributed by atoms with Crippen molar-refractivity contribution in [1.29, 1.82) is 0 Å². The molecule has 0 saturated carbocycles. The molecule has 0 spiro atoms. The van der Waals surface area contributed by atoms with Crippen LogP contribution in [0.1, 0.15) is 34.1 Å². The molecule has 1 saturated heterocycles. The fourth-order valence-corrected chi connectivity index (χ4v) is 4.06. The second-order valence-corrected chi connectivity index (χ2v) is 6.48. The third-order valence-electron chi connectivity index (χ3n) is 4.18. The molecule has 4 nitrogen and oxygen atoms in total. The van der Waals surface area contributed by atoms with Crippen molar-refractivity contribution in [3.05, 3.63) is 46.2 Å². The summed E-state index contributed by atoms with van der Waals surface area (Å²) in [5.74, 6) is 1.30. The Labute approximate surface area is 133 Å². The van der Waals surface area contributed by atoms with E-state index in [-0.39, 0.29) is 11.9 Å². The quantitative estimate of drug-likeness (QED) is 0.851. The summed E-state index contributed by atoms with van der Waals surface area (Å²) < 4.78 is 11.3. The standard InChI is InChI=1S/C17H17NO3S/c19-17(12-4-1-6-14-16(12)21-10-9-20-14)18-8-2-5-13(18)15-7-3-11-22-15/h1,3-4,6-7,11,13H,2,5,8-10H2/t13-/m1/s1. The molecule has 3 heterocycles. The van der Waals surface area contributed by atoms with Gasteiger partial charge in [0.1, 0.15) is 13.2 Å². The Bertz CT molecular complexity index is 683. The summed E-state index contributed by atoms with van der Waals surface area (Å²) in [4.78, 5) is 16.2. The van der Waals surface area contributed by atoms with Crippen molar-refractivity contribution in [2.75, 3.05) is 19.8 Å². The Balaban J connectivity index is 1.67. The second-order valence-electron chi connectivity index (χ2n) is 5.50. The van der Waals surface area contributed by atoms with E-state index in [1.165, 1.54) is 4.88 Å². The molecule has 114 valence electrons. The molecule has 2 aliphatic heterocycles. The minimum Gasteiger partial charge on any atom is -0.486 e. The summed E-state index contributed by atoms with van der Waals surface area (Å²) in [5, 5.41) is 2.07. The molecule has 1 aromatic heterocycles. The maximum Gasteiger partial charge on any atom is 0.258 e. The molecular formula is C17H17NO3S. The zero-order valence-electron chi connectivity index (χ0n) is 12.2. The third kappa shape index (κ3) is 2.25. The van der Waals surface area contributed by atoms with Crippen LogP contribution in [0.25, 0.3) is 0 Å². The number of benzene rings is 1. The maximum absolute atomic E-state index is 13.0. The van der Waals surface area contributed by atoms with E-state index >= 15 is 0 Å². The van der Waals surface area contributed by atoms with Crippen LogP contribution < -0.4 is 9.47 Å². The summed E-state index contributed by atoms with van der Waals surface area (Å²) >= 11 is 1.72. The van der Waals surface area contributed by atoms with E-state index in [4.69, 9.17) is 9.47 Å². The minimum atomic E-state index is 0.0400. The third-order valence-corrected chi connectivity index (χ3v) is 5.16. The number of hydrogen-bond donors (Lipinski definition) is 0. The van der Waals surface area contributed by atoms with E-state index in [2.05, 4.69) is 11.4 Å². The summed E-state index contributed by atoms with van der Waals surface area (Å²) in [6.07, 6.45) is 2.07. The Morgan fingerprint density at radius 2 is 2.09 bits per heavy atom. The van der Waals surface area contributed by atoms with Gasteiger partial charge in [0.2, 0.25) is 0 Å². The van der Waals surface area contributed by atoms with Crippen LogP contribution in [0, 0.1) is 0 Å². The van der Waals surface area contributed by atoms with Gasteiger partial charge in [-0.05, 0) is 36.4 Å². The van der Waals surface area contributed by atoms with Crippen LogP contribution in [0.2, 0.25) is 0 Å². The van der Waals surface area contributed by atoms with Crippen LogP contribution >= 0.6 is 11.3 Å². The molecule has 0 N–H and O–H groups in total. The van der Waals surface area contributed by atoms with Gasteiger partial charge in [-0.2, -0.15) is 0 Å². The second kappa shape index (κ2) is 5.65. The van der Waals surface area contributed by atoms with Crippen molar-refractivity contribution in [2.24, 2.45) is 0 Å². The number of hydrogen-bond acceptors (Lipinski definition) is 4. The van der Waals surface area contributed by atoms with E-state index in [9.17, 15) is 4.79 Å². The van der Waals surface area contributed by atoms with Crippen LogP contribution in [0.5, 0.6) is 11.5 Å². The molecule has 1 fully saturated rings. The van der Waals surface area contributed by atoms with Gasteiger partial charge in [-0.25, -0.2) is 0 Å². The monoisotopic (exact) mass is 315 g/mol. The van der Waals surface area contributed by atoms with Crippen LogP contribution in [-0.2, 0) is 0 Å². The van der Waals surface area contributed by atoms with Crippen LogP contribution in [0.3, 0.4) is 0 Å². The zero-order chi connectivity index (χ0) is 14.9. The number of rotatable bonds is 2. The highest BCUT2D eigenvalue weighted by molar-refractivity contribution is 7.10. The van der Waals surface area contributed by atoms with Crippen molar-refractivity contribution in [1.82, 2.24) is 4.90 Å². The number of thiophene rings is 1. The molecular weight excluding hydrogens is 298 g/mol. The number of ether oxygens (including phenoxy) is 2. The van der Waals surface area contributed by atoms with Crippen molar-refractivity contribution in [3.8, 4) is 11.5 Å². The molecule has 5 heteroatoms. The molecule has 0 bridgehead atoms. The molecule has 4 rings (SSSR count). The molecule has 1 amide bonds. The number of amides is 1. The van der Waals surface area contributed by atoms with E-state index in [0.29, 0.717) is 30.3 Å². The Morgan fingerprint density at radius 1 is 1.18 bits per heavy atom. The predicted octanol–water partition coefficient (Wildman–Crippen LogP) is 3.50. The smallest absolute Gasteiger partial charge is 0.258 e. The van der Waals surface area contributed by atoms with Crippen LogP contribution in [-0.4, -0.2) is 30.6 Å². The molecule has 1 aromatic carbocycles. The van der Waals surface area contributed by atoms with Gasteiger partial charge in [0.05, 0.1) is 11.6 Å². The summed E-state index contributed by atoms with van der Waals surface area (Å²) in [7, 11) is 0. The summed E-state index contributed by atoms with van der Waals surface area (Å²) in [5.41, 5.74) is 0.612. The Morgan fingerprint density at radius 3 is 2.95 bits per heavy atom. The molecule has 0 aliphatic carbocycles. The fraction of sp³-hybridized carbons (Fsp3) is 0.353. The van der Waals surface area contributed by atoms with Crippen LogP contribution in [0.4, 0.5) is 0 Å². The van der Waals surface area contributed by atoms with Crippen molar-refractivity contribution < 1.29 is 14.3 Å². The van der Waals surface area contributed by atoms with Crippen LogP contribution in [0.15, 0.2) is 35.7 Å². The van der Waals surface area contributed by atoms with Crippen molar-refractivity contribution >= 4 is 17.2 Å². The number of carbonyl (C=O) groups is 1. The normalized spacial score (nSPS) is 20.2. The zero-order valence-corrected chi connectivity index (χ0v) is 13.0. The first-order chi connectivity index (χ1) is 10.8. The number of para-hydroxylation sites is 1. The van der Waals surface area contributed by atoms with Gasteiger partial charge in [-0.15, -0.1) is 11.3 Å². The highest BCUT2D eigenvalue weighted by Gasteiger charge is 2.33. The molecule has 22 heavy (non-hydrogen) atoms. The number of carbonyl (C=O) groups excluding carboxylic acids is 1. The lowest BCUT2D eigenvalue weighted by Crippen LogP contribution is -2.31. The lowest BCUT2D eigenvalue weighted by molar-refractivity contribution is 0.0727. The van der Waals surface area contributed by atoms with Gasteiger partial charge in [0.25, 0.3) is 5.91 Å². The number of likely N-dealkylation sites (tertiary alicyclic amines) is 1. The summed E-state index contributed by atoms with van der Waals surface area (Å²) in [6.45, 7) is 1.82. The Kier molecular flexibility index (Phi) is 3.50. The molecule has 0 unspecified atom stereocenters. The van der Waals surface area contributed by atoms with Gasteiger partial charge in [-0.1, -0.05) is 12.1 Å². The lowest BCUT2D eigenvalue weighted by Gasteiger charge is -2.26. The van der Waals surface area contributed by atoms with E-state index in [1.807, 2.05) is 29.2 Å². The maximum atomic E-state index is 13.0. The number of fused-ring (bicyclic) bond motifs is 1. The molecule has 0 radical (unpaired) electrons. The predicted molar refractivity (Wildman–Crippen MR) is 84.8 cm³/mol. The lowest BCUT2D eigenvalue weighted by atomic mass is 10.1. The van der Waals surface area contributed by atoms with Crippen molar-refractivity contribution in [2.45, 2.75) is 18.9 Å². The van der Waals surface area contributed by atoms with Gasteiger partial charge in [-0.3, -0.25) is 4.79 Å². The highest BCUT2D eigenvalue weighted by atomic mass is 32.1. The summed E-state index contributed by atoms with van der Waals surface area (Å²) in [6, 6.07) is 9.89. The average Bonchev–Trinajstić information content (AvgIpc) is 3.24. The van der Waals surface area contributed by atoms with E-state index in [1.54, 1.807) is 11.3 Å². The first-order valence-corrected chi connectivity index (χ1v) is 8.45. The number of nitrogens with zero attached hydrogens (tertiary/aromatic N) is 1. The molecule has 2 aromatic rings. The topological polar surface area (TPSA) is 38.8 Å². The van der Waals surface area contributed by atoms with Gasteiger partial charge in [0.15, 0.2) is 11.5 Å². The van der Waals surface area contributed by atoms with Crippen molar-refractivity contribution in [3.63, 3.8) is 0 Å². The largest absolute Gasteiger partial charge is 0.486 e. The first kappa shape index (κ1) is 13.6. The Hall–Kier alpha value is -2.01. The average molecular weight is 315 g/mol. The van der Waals surface area contributed by atoms with Gasteiger partial charge >= 0.3 is 0 Å². The first-order valence-electron chi connectivity index (χ1n) is 7.57. The van der Waals surface area contributed by atoms with Gasteiger partial charge < -0.3 is 14.4 Å². The highest BCUT2D eigenvalue weighted by Crippen LogP contribution is 2.39. The van der Waals surface area contributed by atoms with E-state index < -0.39 is 0 Å². The SMILES string of the molecule is O=C(c1cccc2c1OCCO2)N1CCC[C@@H]1c1cccs1. The van der Waals surface area contributed by atoms with Gasteiger partial charge in [0, 0.05) is 11.4 Å². The minimum absolute atomic E-state index is 0.0400. The molecule has 1 atom stereocenters. The molecule has 2 aliphatic rings.